The van der Waals surface area contributed by atoms with E-state index < -0.39 is 0 Å². The number of carbonyl (C=O) groups is 1. The van der Waals surface area contributed by atoms with Gasteiger partial charge in [0.05, 0.1) is 5.56 Å². The number of phenolic OH excluding ortho intramolecular Hbond substituents is 1. The fourth-order valence-electron chi connectivity index (χ4n) is 1.08. The second-order valence-corrected chi connectivity index (χ2v) is 4.13. The predicted octanol–water partition coefficient (Wildman–Crippen LogP) is 2.15. The monoisotopic (exact) mass is 271 g/mol. The number of aromatic hydroxyl groups is 1. The minimum absolute atomic E-state index is 0.0153. The highest BCUT2D eigenvalue weighted by molar-refractivity contribution is 9.09. The number of halogens is 1. The van der Waals surface area contributed by atoms with E-state index >= 15 is 0 Å². The van der Waals surface area contributed by atoms with Crippen LogP contribution in [0.25, 0.3) is 0 Å². The first kappa shape index (κ1) is 12.0. The minimum atomic E-state index is -0.235. The highest BCUT2D eigenvalue weighted by Crippen LogP contribution is 2.15. The zero-order valence-electron chi connectivity index (χ0n) is 8.53. The van der Waals surface area contributed by atoms with Crippen molar-refractivity contribution in [1.82, 2.24) is 5.32 Å². The quantitative estimate of drug-likeness (QED) is 0.825. The van der Waals surface area contributed by atoms with Crippen LogP contribution in [0.5, 0.6) is 5.75 Å². The number of nitrogens with one attached hydrogen (secondary N) is 1. The molecule has 0 saturated carbocycles. The number of hydrogen-bond acceptors (Lipinski definition) is 2. The van der Waals surface area contributed by atoms with Crippen molar-refractivity contribution in [2.75, 3.05) is 11.9 Å². The van der Waals surface area contributed by atoms with Crippen LogP contribution in [0.3, 0.4) is 0 Å². The Kier molecular flexibility index (Phi) is 4.62. The zero-order chi connectivity index (χ0) is 11.3. The lowest BCUT2D eigenvalue weighted by molar-refractivity contribution is 0.0946. The number of para-hydroxylation sites is 1. The molecule has 1 rings (SSSR count). The molecule has 0 aliphatic rings. The van der Waals surface area contributed by atoms with Gasteiger partial charge in [-0.15, -0.1) is 0 Å². The fourth-order valence-corrected chi connectivity index (χ4v) is 1.31. The molecule has 0 aromatic heterocycles. The van der Waals surface area contributed by atoms with Crippen LogP contribution in [0.1, 0.15) is 17.3 Å². The van der Waals surface area contributed by atoms with Gasteiger partial charge in [-0.2, -0.15) is 0 Å². The largest absolute Gasteiger partial charge is 0.507 e. The highest BCUT2D eigenvalue weighted by Gasteiger charge is 2.10. The molecule has 1 amide bonds. The van der Waals surface area contributed by atoms with Gasteiger partial charge in [0.1, 0.15) is 5.75 Å². The lowest BCUT2D eigenvalue weighted by Gasteiger charge is -2.10. The van der Waals surface area contributed by atoms with E-state index in [0.717, 1.165) is 5.33 Å². The summed E-state index contributed by atoms with van der Waals surface area (Å²) in [6.07, 6.45) is 0. The van der Waals surface area contributed by atoms with Crippen LogP contribution in [0.2, 0.25) is 0 Å². The molecule has 1 unspecified atom stereocenters. The van der Waals surface area contributed by atoms with Crippen molar-refractivity contribution >= 4 is 21.8 Å². The summed E-state index contributed by atoms with van der Waals surface area (Å²) in [5.41, 5.74) is 0.319. The van der Waals surface area contributed by atoms with E-state index in [0.29, 0.717) is 18.0 Å². The van der Waals surface area contributed by atoms with Gasteiger partial charge < -0.3 is 10.4 Å². The summed E-state index contributed by atoms with van der Waals surface area (Å²) in [7, 11) is 0. The molecule has 0 fully saturated rings. The summed E-state index contributed by atoms with van der Waals surface area (Å²) in [6, 6.07) is 6.52. The van der Waals surface area contributed by atoms with Gasteiger partial charge in [-0.1, -0.05) is 35.0 Å². The Morgan fingerprint density at radius 3 is 2.80 bits per heavy atom. The van der Waals surface area contributed by atoms with Gasteiger partial charge in [0, 0.05) is 11.9 Å². The Balaban J connectivity index is 2.58. The maximum Gasteiger partial charge on any atom is 0.255 e. The number of alkyl halides is 1. The van der Waals surface area contributed by atoms with Crippen molar-refractivity contribution in [3.8, 4) is 5.75 Å². The maximum absolute atomic E-state index is 11.6. The molecule has 4 heteroatoms. The van der Waals surface area contributed by atoms with E-state index in [1.165, 1.54) is 6.07 Å². The second-order valence-electron chi connectivity index (χ2n) is 3.49. The number of phenols is 1. The van der Waals surface area contributed by atoms with E-state index in [1.807, 2.05) is 6.92 Å². The van der Waals surface area contributed by atoms with Gasteiger partial charge in [-0.3, -0.25) is 4.79 Å². The molecule has 1 atom stereocenters. The Hall–Kier alpha value is -1.03. The Morgan fingerprint density at radius 2 is 2.20 bits per heavy atom. The molecule has 0 spiro atoms. The molecule has 1 aromatic carbocycles. The molecule has 82 valence electrons. The Bertz CT molecular complexity index is 341. The molecular formula is C11H14BrNO2. The fraction of sp³-hybridized carbons (Fsp3) is 0.364. The molecule has 15 heavy (non-hydrogen) atoms. The van der Waals surface area contributed by atoms with Gasteiger partial charge in [0.15, 0.2) is 0 Å². The average Bonchev–Trinajstić information content (AvgIpc) is 2.26. The van der Waals surface area contributed by atoms with Crippen molar-refractivity contribution in [3.05, 3.63) is 29.8 Å². The molecular weight excluding hydrogens is 258 g/mol. The molecule has 0 saturated heterocycles. The van der Waals surface area contributed by atoms with Gasteiger partial charge in [-0.25, -0.2) is 0 Å². The van der Waals surface area contributed by atoms with Crippen LogP contribution >= 0.6 is 15.9 Å². The van der Waals surface area contributed by atoms with Gasteiger partial charge in [0.25, 0.3) is 5.91 Å². The van der Waals surface area contributed by atoms with Crippen LogP contribution < -0.4 is 5.32 Å². The summed E-state index contributed by atoms with van der Waals surface area (Å²) < 4.78 is 0. The molecule has 0 heterocycles. The Morgan fingerprint density at radius 1 is 1.53 bits per heavy atom. The summed E-state index contributed by atoms with van der Waals surface area (Å²) in [6.45, 7) is 2.62. The topological polar surface area (TPSA) is 49.3 Å². The second kappa shape index (κ2) is 5.75. The smallest absolute Gasteiger partial charge is 0.255 e. The number of benzene rings is 1. The van der Waals surface area contributed by atoms with Crippen molar-refractivity contribution in [1.29, 1.82) is 0 Å². The molecule has 1 aromatic rings. The molecule has 2 N–H and O–H groups in total. The number of amides is 1. The third kappa shape index (κ3) is 3.55. The van der Waals surface area contributed by atoms with E-state index in [2.05, 4.69) is 21.2 Å². The molecule has 3 nitrogen and oxygen atoms in total. The Labute approximate surface area is 97.6 Å². The van der Waals surface area contributed by atoms with Crippen LogP contribution in [-0.2, 0) is 0 Å². The van der Waals surface area contributed by atoms with Crippen LogP contribution in [0.15, 0.2) is 24.3 Å². The van der Waals surface area contributed by atoms with E-state index in [1.54, 1.807) is 18.2 Å². The standard InChI is InChI=1S/C11H14BrNO2/c1-8(6-12)7-13-11(15)9-4-2-3-5-10(9)14/h2-5,8,14H,6-7H2,1H3,(H,13,15). The number of hydrogen-bond donors (Lipinski definition) is 2. The van der Waals surface area contributed by atoms with Gasteiger partial charge in [-0.05, 0) is 18.1 Å². The SMILES string of the molecule is CC(CBr)CNC(=O)c1ccccc1O. The summed E-state index contributed by atoms with van der Waals surface area (Å²) >= 11 is 3.33. The molecule has 0 radical (unpaired) electrons. The van der Waals surface area contributed by atoms with Crippen molar-refractivity contribution < 1.29 is 9.90 Å². The first-order valence-electron chi connectivity index (χ1n) is 4.77. The molecule has 0 bridgehead atoms. The predicted molar refractivity (Wildman–Crippen MR) is 63.4 cm³/mol. The lowest BCUT2D eigenvalue weighted by atomic mass is 10.1. The first-order valence-corrected chi connectivity index (χ1v) is 5.89. The van der Waals surface area contributed by atoms with Crippen LogP contribution in [0.4, 0.5) is 0 Å². The first-order chi connectivity index (χ1) is 7.15. The number of rotatable bonds is 4. The summed E-state index contributed by atoms with van der Waals surface area (Å²) in [4.78, 5) is 11.6. The summed E-state index contributed by atoms with van der Waals surface area (Å²) in [5, 5.41) is 13.0. The summed E-state index contributed by atoms with van der Waals surface area (Å²) in [5.74, 6) is 0.155. The van der Waals surface area contributed by atoms with Gasteiger partial charge >= 0.3 is 0 Å². The van der Waals surface area contributed by atoms with Crippen LogP contribution in [0, 0.1) is 5.92 Å². The zero-order valence-corrected chi connectivity index (χ0v) is 10.1. The van der Waals surface area contributed by atoms with Crippen molar-refractivity contribution in [2.45, 2.75) is 6.92 Å². The third-order valence-electron chi connectivity index (χ3n) is 2.02. The van der Waals surface area contributed by atoms with E-state index in [9.17, 15) is 9.90 Å². The van der Waals surface area contributed by atoms with E-state index in [4.69, 9.17) is 0 Å². The highest BCUT2D eigenvalue weighted by atomic mass is 79.9. The minimum Gasteiger partial charge on any atom is -0.507 e. The number of carbonyl (C=O) groups excluding carboxylic acids is 1. The van der Waals surface area contributed by atoms with E-state index in [-0.39, 0.29) is 11.7 Å². The molecule has 0 aliphatic heterocycles. The van der Waals surface area contributed by atoms with Crippen molar-refractivity contribution in [2.24, 2.45) is 5.92 Å². The van der Waals surface area contributed by atoms with Crippen molar-refractivity contribution in [3.63, 3.8) is 0 Å². The lowest BCUT2D eigenvalue weighted by Crippen LogP contribution is -2.28. The molecule has 0 aliphatic carbocycles. The van der Waals surface area contributed by atoms with Gasteiger partial charge in [0.2, 0.25) is 0 Å². The normalized spacial score (nSPS) is 12.1. The third-order valence-corrected chi connectivity index (χ3v) is 3.13. The van der Waals surface area contributed by atoms with Crippen LogP contribution in [-0.4, -0.2) is 22.9 Å². The average molecular weight is 272 g/mol. The maximum atomic E-state index is 11.6.